The zero-order chi connectivity index (χ0) is 17.6. The number of amides is 1. The van der Waals surface area contributed by atoms with Crippen molar-refractivity contribution in [1.82, 2.24) is 25.1 Å². The van der Waals surface area contributed by atoms with Gasteiger partial charge in [-0.1, -0.05) is 30.3 Å². The fourth-order valence-electron chi connectivity index (χ4n) is 2.76. The first-order valence-corrected chi connectivity index (χ1v) is 8.45. The van der Waals surface area contributed by atoms with Gasteiger partial charge in [0, 0.05) is 19.6 Å². The van der Waals surface area contributed by atoms with E-state index in [1.807, 2.05) is 30.3 Å². The van der Waals surface area contributed by atoms with E-state index < -0.39 is 0 Å². The minimum Gasteiger partial charge on any atom is -0.356 e. The van der Waals surface area contributed by atoms with Crippen molar-refractivity contribution in [2.24, 2.45) is 0 Å². The number of aromatic nitrogens is 4. The molecule has 3 aromatic rings. The Bertz CT molecular complexity index is 841. The number of benzene rings is 1. The van der Waals surface area contributed by atoms with Gasteiger partial charge >= 0.3 is 0 Å². The molecular weight excluding hydrogens is 316 g/mol. The zero-order valence-electron chi connectivity index (χ0n) is 14.5. The average molecular weight is 338 g/mol. The standard InChI is InChI=1S/C18H22N6O/c1-3-23(4-2)17-15-11-22-24(18(15)21-13-20-17)12-16(25)19-10-14-8-6-5-7-9-14/h5-9,11,13H,3-4,10,12H2,1-2H3,(H,19,25). The third-order valence-corrected chi connectivity index (χ3v) is 4.10. The Labute approximate surface area is 146 Å². The van der Waals surface area contributed by atoms with Gasteiger partial charge in [0.15, 0.2) is 5.65 Å². The molecule has 0 radical (unpaired) electrons. The molecule has 0 spiro atoms. The number of fused-ring (bicyclic) bond motifs is 1. The number of carbonyl (C=O) groups is 1. The fourth-order valence-corrected chi connectivity index (χ4v) is 2.76. The highest BCUT2D eigenvalue weighted by molar-refractivity contribution is 5.87. The van der Waals surface area contributed by atoms with E-state index in [9.17, 15) is 4.79 Å². The number of hydrogen-bond donors (Lipinski definition) is 1. The third kappa shape index (κ3) is 3.76. The van der Waals surface area contributed by atoms with Crippen molar-refractivity contribution in [3.8, 4) is 0 Å². The van der Waals surface area contributed by atoms with Gasteiger partial charge in [-0.2, -0.15) is 5.10 Å². The second-order valence-corrected chi connectivity index (χ2v) is 5.67. The molecule has 2 heterocycles. The molecule has 0 fully saturated rings. The van der Waals surface area contributed by atoms with Crippen LogP contribution in [-0.2, 0) is 17.9 Å². The van der Waals surface area contributed by atoms with Gasteiger partial charge in [-0.3, -0.25) is 4.79 Å². The van der Waals surface area contributed by atoms with Crippen LogP contribution in [-0.4, -0.2) is 38.7 Å². The summed E-state index contributed by atoms with van der Waals surface area (Å²) in [6, 6.07) is 9.82. The van der Waals surface area contributed by atoms with E-state index in [0.29, 0.717) is 12.2 Å². The molecule has 3 rings (SSSR count). The van der Waals surface area contributed by atoms with Gasteiger partial charge < -0.3 is 10.2 Å². The van der Waals surface area contributed by atoms with Crippen LogP contribution < -0.4 is 10.2 Å². The first kappa shape index (κ1) is 16.9. The maximum Gasteiger partial charge on any atom is 0.242 e. The molecule has 0 unspecified atom stereocenters. The number of nitrogens with zero attached hydrogens (tertiary/aromatic N) is 5. The summed E-state index contributed by atoms with van der Waals surface area (Å²) < 4.78 is 1.62. The van der Waals surface area contributed by atoms with Crippen LogP contribution in [0.15, 0.2) is 42.9 Å². The van der Waals surface area contributed by atoms with Crippen molar-refractivity contribution in [3.05, 3.63) is 48.4 Å². The summed E-state index contributed by atoms with van der Waals surface area (Å²) >= 11 is 0. The summed E-state index contributed by atoms with van der Waals surface area (Å²) in [6.45, 7) is 6.50. The van der Waals surface area contributed by atoms with Crippen molar-refractivity contribution in [1.29, 1.82) is 0 Å². The predicted octanol–water partition coefficient (Wildman–Crippen LogP) is 1.99. The number of hydrogen-bond acceptors (Lipinski definition) is 5. The monoisotopic (exact) mass is 338 g/mol. The lowest BCUT2D eigenvalue weighted by Crippen LogP contribution is -2.27. The van der Waals surface area contributed by atoms with E-state index >= 15 is 0 Å². The highest BCUT2D eigenvalue weighted by Gasteiger charge is 2.15. The summed E-state index contributed by atoms with van der Waals surface area (Å²) in [6.07, 6.45) is 3.25. The summed E-state index contributed by atoms with van der Waals surface area (Å²) in [5.74, 6) is 0.753. The minimum atomic E-state index is -0.100. The van der Waals surface area contributed by atoms with Gasteiger partial charge in [-0.15, -0.1) is 0 Å². The van der Waals surface area contributed by atoms with Crippen LogP contribution in [0.5, 0.6) is 0 Å². The second-order valence-electron chi connectivity index (χ2n) is 5.67. The largest absolute Gasteiger partial charge is 0.356 e. The Morgan fingerprint density at radius 2 is 1.92 bits per heavy atom. The average Bonchev–Trinajstić information content (AvgIpc) is 3.05. The Hall–Kier alpha value is -2.96. The van der Waals surface area contributed by atoms with E-state index in [0.717, 1.165) is 29.9 Å². The Kier molecular flexibility index (Phi) is 5.23. The van der Waals surface area contributed by atoms with Gasteiger partial charge in [0.1, 0.15) is 18.7 Å². The van der Waals surface area contributed by atoms with Gasteiger partial charge in [-0.25, -0.2) is 14.6 Å². The van der Waals surface area contributed by atoms with Crippen LogP contribution in [0.25, 0.3) is 11.0 Å². The first-order chi connectivity index (χ1) is 12.2. The molecule has 7 heteroatoms. The lowest BCUT2D eigenvalue weighted by Gasteiger charge is -2.19. The number of anilines is 1. The molecule has 1 aromatic carbocycles. The molecule has 0 aliphatic rings. The maximum absolute atomic E-state index is 12.2. The van der Waals surface area contributed by atoms with Crippen molar-refractivity contribution >= 4 is 22.8 Å². The van der Waals surface area contributed by atoms with Gasteiger partial charge in [0.25, 0.3) is 0 Å². The molecule has 7 nitrogen and oxygen atoms in total. The normalized spacial score (nSPS) is 10.8. The highest BCUT2D eigenvalue weighted by atomic mass is 16.2. The third-order valence-electron chi connectivity index (χ3n) is 4.10. The molecule has 0 saturated carbocycles. The van der Waals surface area contributed by atoms with Crippen molar-refractivity contribution in [2.45, 2.75) is 26.9 Å². The van der Waals surface area contributed by atoms with E-state index in [1.54, 1.807) is 10.9 Å². The SMILES string of the molecule is CCN(CC)c1ncnc2c1cnn2CC(=O)NCc1ccccc1. The quantitative estimate of drug-likeness (QED) is 0.713. The highest BCUT2D eigenvalue weighted by Crippen LogP contribution is 2.22. The van der Waals surface area contributed by atoms with Gasteiger partial charge in [-0.05, 0) is 19.4 Å². The zero-order valence-corrected chi connectivity index (χ0v) is 14.5. The molecule has 25 heavy (non-hydrogen) atoms. The molecule has 0 aliphatic heterocycles. The smallest absolute Gasteiger partial charge is 0.242 e. The van der Waals surface area contributed by atoms with E-state index in [4.69, 9.17) is 0 Å². The first-order valence-electron chi connectivity index (χ1n) is 8.45. The molecular formula is C18H22N6O. The lowest BCUT2D eigenvalue weighted by molar-refractivity contribution is -0.121. The Morgan fingerprint density at radius 1 is 1.16 bits per heavy atom. The van der Waals surface area contributed by atoms with Crippen LogP contribution in [0.2, 0.25) is 0 Å². The number of carbonyl (C=O) groups excluding carboxylic acids is 1. The van der Waals surface area contributed by atoms with Gasteiger partial charge in [0.2, 0.25) is 5.91 Å². The van der Waals surface area contributed by atoms with Crippen LogP contribution in [0.4, 0.5) is 5.82 Å². The van der Waals surface area contributed by atoms with Crippen molar-refractivity contribution in [3.63, 3.8) is 0 Å². The summed E-state index contributed by atoms with van der Waals surface area (Å²) in [5.41, 5.74) is 1.74. The van der Waals surface area contributed by atoms with Crippen molar-refractivity contribution < 1.29 is 4.79 Å². The molecule has 0 aliphatic carbocycles. The Morgan fingerprint density at radius 3 is 2.64 bits per heavy atom. The maximum atomic E-state index is 12.2. The van der Waals surface area contributed by atoms with E-state index in [1.165, 1.54) is 6.33 Å². The summed E-state index contributed by atoms with van der Waals surface area (Å²) in [7, 11) is 0. The van der Waals surface area contributed by atoms with Crippen molar-refractivity contribution in [2.75, 3.05) is 18.0 Å². The topological polar surface area (TPSA) is 75.9 Å². The molecule has 1 amide bonds. The van der Waals surface area contributed by atoms with Crippen LogP contribution in [0.3, 0.4) is 0 Å². The van der Waals surface area contributed by atoms with E-state index in [-0.39, 0.29) is 12.5 Å². The van der Waals surface area contributed by atoms with Crippen LogP contribution >= 0.6 is 0 Å². The molecule has 2 aromatic heterocycles. The number of rotatable bonds is 7. The molecule has 0 saturated heterocycles. The Balaban J connectivity index is 1.73. The number of nitrogens with one attached hydrogen (secondary N) is 1. The molecule has 130 valence electrons. The lowest BCUT2D eigenvalue weighted by atomic mass is 10.2. The second kappa shape index (κ2) is 7.74. The fraction of sp³-hybridized carbons (Fsp3) is 0.333. The molecule has 0 bridgehead atoms. The minimum absolute atomic E-state index is 0.100. The predicted molar refractivity (Wildman–Crippen MR) is 97.2 cm³/mol. The summed E-state index contributed by atoms with van der Waals surface area (Å²) in [4.78, 5) is 23.1. The molecule has 0 atom stereocenters. The molecule has 1 N–H and O–H groups in total. The van der Waals surface area contributed by atoms with Gasteiger partial charge in [0.05, 0.1) is 11.6 Å². The van der Waals surface area contributed by atoms with E-state index in [2.05, 4.69) is 39.1 Å². The van der Waals surface area contributed by atoms with Crippen LogP contribution in [0.1, 0.15) is 19.4 Å². The summed E-state index contributed by atoms with van der Waals surface area (Å²) in [5, 5.41) is 8.10. The van der Waals surface area contributed by atoms with Crippen LogP contribution in [0, 0.1) is 0 Å².